The van der Waals surface area contributed by atoms with Gasteiger partial charge in [0.1, 0.15) is 12.3 Å². The van der Waals surface area contributed by atoms with Gasteiger partial charge in [-0.25, -0.2) is 4.79 Å². The lowest BCUT2D eigenvalue weighted by Crippen LogP contribution is -2.40. The van der Waals surface area contributed by atoms with E-state index in [1.165, 1.54) is 0 Å². The third-order valence-electron chi connectivity index (χ3n) is 4.41. The first-order chi connectivity index (χ1) is 14.1. The third kappa shape index (κ3) is 5.32. The lowest BCUT2D eigenvalue weighted by molar-refractivity contribution is -0.121. The maximum atomic E-state index is 12.4. The third-order valence-corrected chi connectivity index (χ3v) is 4.41. The first kappa shape index (κ1) is 20.3. The van der Waals surface area contributed by atoms with Crippen LogP contribution in [-0.4, -0.2) is 35.7 Å². The smallest absolute Gasteiger partial charge is 0.329 e. The van der Waals surface area contributed by atoms with Crippen LogP contribution in [0, 0.1) is 0 Å². The standard InChI is InChI=1S/C21H23N3O5/c1-28-16-9-7-15(8-10-16)14-29-12-4-11-22-19(25)13-24-20(26)17-5-2-3-6-18(17)23-21(24)27/h2-3,5-10H,4,11-14H2,1H3,(H,22,25)(H,23,27). The number of nitrogens with one attached hydrogen (secondary N) is 2. The first-order valence-electron chi connectivity index (χ1n) is 9.27. The second-order valence-electron chi connectivity index (χ2n) is 6.47. The molecular weight excluding hydrogens is 374 g/mol. The molecule has 1 amide bonds. The van der Waals surface area contributed by atoms with Gasteiger partial charge in [0.15, 0.2) is 0 Å². The molecule has 0 atom stereocenters. The summed E-state index contributed by atoms with van der Waals surface area (Å²) >= 11 is 0. The molecule has 0 saturated carbocycles. The first-order valence-corrected chi connectivity index (χ1v) is 9.27. The number of hydrogen-bond donors (Lipinski definition) is 2. The van der Waals surface area contributed by atoms with Gasteiger partial charge in [-0.2, -0.15) is 0 Å². The number of carbonyl (C=O) groups excluding carboxylic acids is 1. The van der Waals surface area contributed by atoms with Crippen LogP contribution in [0.2, 0.25) is 0 Å². The Hall–Kier alpha value is -3.39. The van der Waals surface area contributed by atoms with Crippen molar-refractivity contribution in [2.75, 3.05) is 20.3 Å². The number of aromatic nitrogens is 2. The fourth-order valence-corrected chi connectivity index (χ4v) is 2.86. The normalized spacial score (nSPS) is 10.8. The highest BCUT2D eigenvalue weighted by Crippen LogP contribution is 2.11. The zero-order chi connectivity index (χ0) is 20.6. The van der Waals surface area contributed by atoms with Crippen molar-refractivity contribution in [1.82, 2.24) is 14.9 Å². The molecule has 2 aromatic carbocycles. The van der Waals surface area contributed by atoms with E-state index < -0.39 is 17.2 Å². The van der Waals surface area contributed by atoms with E-state index in [4.69, 9.17) is 9.47 Å². The molecule has 3 aromatic rings. The Morgan fingerprint density at radius 1 is 1.10 bits per heavy atom. The maximum absolute atomic E-state index is 12.4. The summed E-state index contributed by atoms with van der Waals surface area (Å²) in [4.78, 5) is 39.2. The van der Waals surface area contributed by atoms with Crippen LogP contribution in [0.25, 0.3) is 10.9 Å². The van der Waals surface area contributed by atoms with Crippen LogP contribution in [0.1, 0.15) is 12.0 Å². The van der Waals surface area contributed by atoms with E-state index in [1.54, 1.807) is 31.4 Å². The van der Waals surface area contributed by atoms with Crippen molar-refractivity contribution in [2.24, 2.45) is 0 Å². The van der Waals surface area contributed by atoms with Crippen LogP contribution in [0.3, 0.4) is 0 Å². The number of carbonyl (C=O) groups is 1. The number of nitrogens with zero attached hydrogens (tertiary/aromatic N) is 1. The molecule has 0 fully saturated rings. The average molecular weight is 397 g/mol. The van der Waals surface area contributed by atoms with Gasteiger partial charge in [-0.15, -0.1) is 0 Å². The van der Waals surface area contributed by atoms with Gasteiger partial charge >= 0.3 is 5.69 Å². The van der Waals surface area contributed by atoms with E-state index in [2.05, 4.69) is 10.3 Å². The van der Waals surface area contributed by atoms with Crippen LogP contribution < -0.4 is 21.3 Å². The minimum atomic E-state index is -0.605. The minimum Gasteiger partial charge on any atom is -0.497 e. The fraction of sp³-hybridized carbons (Fsp3) is 0.286. The highest BCUT2D eigenvalue weighted by Gasteiger charge is 2.10. The number of aromatic amines is 1. The van der Waals surface area contributed by atoms with Crippen LogP contribution >= 0.6 is 0 Å². The van der Waals surface area contributed by atoms with E-state index in [0.717, 1.165) is 15.9 Å². The van der Waals surface area contributed by atoms with E-state index >= 15 is 0 Å². The van der Waals surface area contributed by atoms with Crippen LogP contribution in [0.15, 0.2) is 58.1 Å². The van der Waals surface area contributed by atoms with Crippen molar-refractivity contribution in [1.29, 1.82) is 0 Å². The Labute approximate surface area is 167 Å². The molecule has 0 spiro atoms. The predicted octanol–water partition coefficient (Wildman–Crippen LogP) is 1.42. The highest BCUT2D eigenvalue weighted by atomic mass is 16.5. The molecule has 0 unspecified atom stereocenters. The molecule has 3 rings (SSSR count). The topological polar surface area (TPSA) is 102 Å². The minimum absolute atomic E-state index is 0.328. The predicted molar refractivity (Wildman–Crippen MR) is 109 cm³/mol. The van der Waals surface area contributed by atoms with Gasteiger partial charge in [0.05, 0.1) is 24.6 Å². The molecule has 152 valence electrons. The van der Waals surface area contributed by atoms with Crippen molar-refractivity contribution in [3.8, 4) is 5.75 Å². The second-order valence-corrected chi connectivity index (χ2v) is 6.47. The number of H-pyrrole nitrogens is 1. The highest BCUT2D eigenvalue weighted by molar-refractivity contribution is 5.78. The van der Waals surface area contributed by atoms with E-state index in [0.29, 0.717) is 37.1 Å². The van der Waals surface area contributed by atoms with E-state index in [-0.39, 0.29) is 6.54 Å². The Morgan fingerprint density at radius 3 is 2.62 bits per heavy atom. The van der Waals surface area contributed by atoms with Gasteiger partial charge in [0, 0.05) is 13.2 Å². The summed E-state index contributed by atoms with van der Waals surface area (Å²) in [7, 11) is 1.62. The number of amides is 1. The van der Waals surface area contributed by atoms with Gasteiger partial charge in [0.25, 0.3) is 5.56 Å². The largest absolute Gasteiger partial charge is 0.497 e. The molecule has 8 nitrogen and oxygen atoms in total. The summed E-state index contributed by atoms with van der Waals surface area (Å²) in [5, 5.41) is 3.07. The lowest BCUT2D eigenvalue weighted by Gasteiger charge is -2.08. The monoisotopic (exact) mass is 397 g/mol. The summed E-state index contributed by atoms with van der Waals surface area (Å²) in [5.74, 6) is 0.392. The van der Waals surface area contributed by atoms with Gasteiger partial charge in [-0.05, 0) is 36.2 Å². The van der Waals surface area contributed by atoms with Gasteiger partial charge in [0.2, 0.25) is 5.91 Å². The Kier molecular flexibility index (Phi) is 6.80. The van der Waals surface area contributed by atoms with Crippen LogP contribution in [0.5, 0.6) is 5.75 Å². The van der Waals surface area contributed by atoms with Crippen molar-refractivity contribution in [3.05, 3.63) is 74.9 Å². The molecule has 8 heteroatoms. The van der Waals surface area contributed by atoms with E-state index in [9.17, 15) is 14.4 Å². The zero-order valence-corrected chi connectivity index (χ0v) is 16.1. The summed E-state index contributed by atoms with van der Waals surface area (Å²) in [6.45, 7) is 1.01. The van der Waals surface area contributed by atoms with Crippen LogP contribution in [0.4, 0.5) is 0 Å². The molecule has 0 aliphatic carbocycles. The number of rotatable bonds is 9. The van der Waals surface area contributed by atoms with Gasteiger partial charge in [-0.3, -0.25) is 14.2 Å². The summed E-state index contributed by atoms with van der Waals surface area (Å²) < 4.78 is 11.6. The lowest BCUT2D eigenvalue weighted by atomic mass is 10.2. The zero-order valence-electron chi connectivity index (χ0n) is 16.1. The molecule has 29 heavy (non-hydrogen) atoms. The fourth-order valence-electron chi connectivity index (χ4n) is 2.86. The number of para-hydroxylation sites is 1. The average Bonchev–Trinajstić information content (AvgIpc) is 2.74. The molecule has 2 N–H and O–H groups in total. The van der Waals surface area contributed by atoms with Gasteiger partial charge < -0.3 is 19.8 Å². The molecule has 0 radical (unpaired) electrons. The Balaban J connectivity index is 1.43. The molecule has 0 bridgehead atoms. The summed E-state index contributed by atoms with van der Waals surface area (Å²) in [5.41, 5.74) is 0.395. The number of fused-ring (bicyclic) bond motifs is 1. The van der Waals surface area contributed by atoms with Gasteiger partial charge in [-0.1, -0.05) is 24.3 Å². The van der Waals surface area contributed by atoms with Crippen molar-refractivity contribution >= 4 is 16.8 Å². The number of benzene rings is 2. The van der Waals surface area contributed by atoms with Crippen molar-refractivity contribution in [3.63, 3.8) is 0 Å². The molecule has 0 aliphatic rings. The second kappa shape index (κ2) is 9.70. The van der Waals surface area contributed by atoms with Crippen LogP contribution in [-0.2, 0) is 22.7 Å². The molecule has 0 saturated heterocycles. The quantitative estimate of drug-likeness (QED) is 0.532. The van der Waals surface area contributed by atoms with E-state index in [1.807, 2.05) is 24.3 Å². The number of hydrogen-bond acceptors (Lipinski definition) is 5. The molecule has 1 heterocycles. The van der Waals surface area contributed by atoms with Crippen molar-refractivity contribution in [2.45, 2.75) is 19.6 Å². The number of methoxy groups -OCH3 is 1. The summed E-state index contributed by atoms with van der Waals surface area (Å²) in [6.07, 6.45) is 0.616. The maximum Gasteiger partial charge on any atom is 0.329 e. The number of ether oxygens (including phenoxy) is 2. The SMILES string of the molecule is COc1ccc(COCCCNC(=O)Cn2c(=O)[nH]c3ccccc3c2=O)cc1. The Morgan fingerprint density at radius 2 is 1.86 bits per heavy atom. The van der Waals surface area contributed by atoms with Crippen molar-refractivity contribution < 1.29 is 14.3 Å². The summed E-state index contributed by atoms with van der Waals surface area (Å²) in [6, 6.07) is 14.3. The molecule has 1 aromatic heterocycles. The molecular formula is C21H23N3O5. The Bertz CT molecular complexity index is 1090. The molecule has 0 aliphatic heterocycles.